The largest absolute Gasteiger partial charge is 0.488 e. The monoisotopic (exact) mass is 460 g/mol. The number of ether oxygens (including phenoxy) is 2. The van der Waals surface area contributed by atoms with E-state index < -0.39 is 5.54 Å². The van der Waals surface area contributed by atoms with E-state index in [-0.39, 0.29) is 17.4 Å². The number of hydrogen-bond acceptors (Lipinski definition) is 6. The Morgan fingerprint density at radius 2 is 1.47 bits per heavy atom. The Labute approximate surface area is 198 Å². The van der Waals surface area contributed by atoms with Crippen molar-refractivity contribution in [1.29, 1.82) is 0 Å². The molecule has 0 saturated heterocycles. The highest BCUT2D eigenvalue weighted by atomic mass is 16.5. The van der Waals surface area contributed by atoms with Crippen molar-refractivity contribution in [3.8, 4) is 17.2 Å². The molecule has 0 spiro atoms. The van der Waals surface area contributed by atoms with E-state index in [0.717, 1.165) is 11.3 Å². The first-order chi connectivity index (χ1) is 16.2. The number of carbonyl (C=O) groups excluding carboxylic acids is 2. The fourth-order valence-electron chi connectivity index (χ4n) is 3.33. The summed E-state index contributed by atoms with van der Waals surface area (Å²) in [5.74, 6) is 1.63. The van der Waals surface area contributed by atoms with Crippen molar-refractivity contribution in [3.05, 3.63) is 78.4 Å². The van der Waals surface area contributed by atoms with Gasteiger partial charge in [0, 0.05) is 18.9 Å². The Kier molecular flexibility index (Phi) is 6.49. The Bertz CT molecular complexity index is 1140. The van der Waals surface area contributed by atoms with Crippen molar-refractivity contribution in [2.45, 2.75) is 51.3 Å². The number of aromatic nitrogens is 2. The van der Waals surface area contributed by atoms with Crippen LogP contribution in [-0.4, -0.2) is 32.9 Å². The van der Waals surface area contributed by atoms with E-state index >= 15 is 0 Å². The van der Waals surface area contributed by atoms with Crippen LogP contribution in [-0.2, 0) is 11.3 Å². The van der Waals surface area contributed by atoms with Gasteiger partial charge in [-0.2, -0.15) is 0 Å². The maximum absolute atomic E-state index is 12.7. The number of nitrogens with zero attached hydrogens (tertiary/aromatic N) is 2. The van der Waals surface area contributed by atoms with E-state index in [1.54, 1.807) is 0 Å². The molecule has 0 aliphatic heterocycles. The van der Waals surface area contributed by atoms with Crippen LogP contribution in [0.1, 0.15) is 49.5 Å². The minimum Gasteiger partial charge on any atom is -0.488 e. The molecule has 0 atom stereocenters. The molecule has 8 heteroatoms. The third-order valence-electron chi connectivity index (χ3n) is 5.22. The van der Waals surface area contributed by atoms with Crippen molar-refractivity contribution < 1.29 is 19.1 Å². The molecule has 176 valence electrons. The summed E-state index contributed by atoms with van der Waals surface area (Å²) in [6, 6.07) is 15.0. The molecule has 3 aromatic rings. The van der Waals surface area contributed by atoms with Gasteiger partial charge in [-0.3, -0.25) is 9.59 Å². The molecule has 2 aromatic carbocycles. The molecule has 34 heavy (non-hydrogen) atoms. The number of carbonyl (C=O) groups is 2. The molecule has 1 aliphatic carbocycles. The normalized spacial score (nSPS) is 14.1. The third kappa shape index (κ3) is 6.10. The van der Waals surface area contributed by atoms with Gasteiger partial charge in [0.05, 0.1) is 5.56 Å². The highest BCUT2D eigenvalue weighted by Crippen LogP contribution is 2.36. The molecule has 1 aromatic heterocycles. The molecule has 2 N–H and O–H groups in total. The van der Waals surface area contributed by atoms with Crippen molar-refractivity contribution in [1.82, 2.24) is 20.6 Å². The van der Waals surface area contributed by atoms with Gasteiger partial charge in [-0.15, -0.1) is 0 Å². The van der Waals surface area contributed by atoms with Crippen LogP contribution in [0.2, 0.25) is 0 Å². The van der Waals surface area contributed by atoms with Crippen LogP contribution in [0.5, 0.6) is 17.2 Å². The first-order valence-corrected chi connectivity index (χ1v) is 11.1. The van der Waals surface area contributed by atoms with Crippen LogP contribution in [0.3, 0.4) is 0 Å². The van der Waals surface area contributed by atoms with Crippen LogP contribution in [0, 0.1) is 0 Å². The quantitative estimate of drug-likeness (QED) is 0.526. The van der Waals surface area contributed by atoms with Crippen molar-refractivity contribution in [3.63, 3.8) is 0 Å². The molecule has 4 rings (SSSR count). The second kappa shape index (κ2) is 9.51. The van der Waals surface area contributed by atoms with Gasteiger partial charge in [-0.25, -0.2) is 9.97 Å². The molecule has 0 unspecified atom stereocenters. The molecule has 1 heterocycles. The number of hydrogen-bond donors (Lipinski definition) is 2. The molecule has 8 nitrogen and oxygen atoms in total. The van der Waals surface area contributed by atoms with Crippen molar-refractivity contribution >= 4 is 11.8 Å². The van der Waals surface area contributed by atoms with Crippen LogP contribution in [0.15, 0.2) is 67.3 Å². The lowest BCUT2D eigenvalue weighted by atomic mass is 10.2. The van der Waals surface area contributed by atoms with Crippen LogP contribution >= 0.6 is 0 Å². The number of benzene rings is 2. The first-order valence-electron chi connectivity index (χ1n) is 11.1. The minimum atomic E-state index is -0.862. The average molecular weight is 461 g/mol. The Morgan fingerprint density at radius 3 is 2.03 bits per heavy atom. The van der Waals surface area contributed by atoms with E-state index in [9.17, 15) is 9.59 Å². The van der Waals surface area contributed by atoms with Crippen LogP contribution in [0.4, 0.5) is 0 Å². The summed E-state index contributed by atoms with van der Waals surface area (Å²) in [6.07, 6.45) is 5.41. The lowest BCUT2D eigenvalue weighted by Gasteiger charge is -2.21. The van der Waals surface area contributed by atoms with Gasteiger partial charge >= 0.3 is 0 Å². The van der Waals surface area contributed by atoms with Gasteiger partial charge < -0.3 is 20.1 Å². The molecular formula is C26H28N4O4. The fourth-order valence-corrected chi connectivity index (χ4v) is 3.33. The summed E-state index contributed by atoms with van der Waals surface area (Å²) in [5, 5.41) is 5.73. The number of amides is 2. The van der Waals surface area contributed by atoms with Crippen molar-refractivity contribution in [2.75, 3.05) is 0 Å². The highest BCUT2D eigenvalue weighted by Gasteiger charge is 2.51. The SMILES string of the molecule is CC(C)(C)Oc1ccc(Oc2ccc(CNC(=O)C3(NC(=O)c4cncnc4)CC3)cc2)cc1. The zero-order valence-electron chi connectivity index (χ0n) is 19.5. The molecule has 0 radical (unpaired) electrons. The summed E-state index contributed by atoms with van der Waals surface area (Å²) < 4.78 is 11.7. The topological polar surface area (TPSA) is 102 Å². The predicted octanol–water partition coefficient (Wildman–Crippen LogP) is 4.03. The smallest absolute Gasteiger partial charge is 0.255 e. The number of nitrogens with one attached hydrogen (secondary N) is 2. The van der Waals surface area contributed by atoms with E-state index in [2.05, 4.69) is 20.6 Å². The van der Waals surface area contributed by atoms with Gasteiger partial charge in [0.25, 0.3) is 5.91 Å². The fraction of sp³-hybridized carbons (Fsp3) is 0.308. The summed E-state index contributed by atoms with van der Waals surface area (Å²) in [6.45, 7) is 6.36. The molecule has 0 bridgehead atoms. The predicted molar refractivity (Wildman–Crippen MR) is 127 cm³/mol. The van der Waals surface area contributed by atoms with Gasteiger partial charge in [0.15, 0.2) is 0 Å². The number of rotatable bonds is 8. The highest BCUT2D eigenvalue weighted by molar-refractivity contribution is 6.00. The molecular weight excluding hydrogens is 432 g/mol. The maximum atomic E-state index is 12.7. The maximum Gasteiger partial charge on any atom is 0.255 e. The third-order valence-corrected chi connectivity index (χ3v) is 5.22. The van der Waals surface area contributed by atoms with Gasteiger partial charge in [-0.05, 0) is 75.6 Å². The van der Waals surface area contributed by atoms with Gasteiger partial charge in [0.1, 0.15) is 34.7 Å². The van der Waals surface area contributed by atoms with E-state index in [1.165, 1.54) is 18.7 Å². The van der Waals surface area contributed by atoms with Gasteiger partial charge in [-0.1, -0.05) is 12.1 Å². The van der Waals surface area contributed by atoms with E-state index in [1.807, 2.05) is 69.3 Å². The second-order valence-corrected chi connectivity index (χ2v) is 9.28. The summed E-state index contributed by atoms with van der Waals surface area (Å²) in [7, 11) is 0. The summed E-state index contributed by atoms with van der Waals surface area (Å²) in [5.41, 5.74) is 0.135. The van der Waals surface area contributed by atoms with Gasteiger partial charge in [0.2, 0.25) is 5.91 Å². The summed E-state index contributed by atoms with van der Waals surface area (Å²) >= 11 is 0. The second-order valence-electron chi connectivity index (χ2n) is 9.28. The molecule has 1 fully saturated rings. The Morgan fingerprint density at radius 1 is 0.912 bits per heavy atom. The van der Waals surface area contributed by atoms with Crippen LogP contribution in [0.25, 0.3) is 0 Å². The summed E-state index contributed by atoms with van der Waals surface area (Å²) in [4.78, 5) is 32.7. The first kappa shape index (κ1) is 23.2. The zero-order chi connectivity index (χ0) is 24.2. The van der Waals surface area contributed by atoms with E-state index in [0.29, 0.717) is 36.4 Å². The van der Waals surface area contributed by atoms with E-state index in [4.69, 9.17) is 9.47 Å². The van der Waals surface area contributed by atoms with Crippen LogP contribution < -0.4 is 20.1 Å². The Hall–Kier alpha value is -3.94. The standard InChI is InChI=1S/C26H28N4O4/c1-25(2,3)34-22-10-8-21(9-11-22)33-20-6-4-18(5-7-20)14-29-24(32)26(12-13-26)30-23(31)19-15-27-17-28-16-19/h4-11,15-17H,12-14H2,1-3H3,(H,29,32)(H,30,31). The molecule has 1 aliphatic rings. The lowest BCUT2D eigenvalue weighted by Crippen LogP contribution is -2.48. The average Bonchev–Trinajstić information content (AvgIpc) is 3.60. The zero-order valence-corrected chi connectivity index (χ0v) is 19.5. The lowest BCUT2D eigenvalue weighted by molar-refractivity contribution is -0.124. The molecule has 2 amide bonds. The molecule has 1 saturated carbocycles. The minimum absolute atomic E-state index is 0.199. The Balaban J connectivity index is 1.27. The van der Waals surface area contributed by atoms with Crippen molar-refractivity contribution in [2.24, 2.45) is 0 Å².